The molecule has 0 aromatic rings. The number of esters is 1. The fourth-order valence-corrected chi connectivity index (χ4v) is 1.87. The second-order valence-electron chi connectivity index (χ2n) is 6.05. The van der Waals surface area contributed by atoms with Crippen molar-refractivity contribution >= 4 is 18.0 Å². The standard InChI is InChI=1S/C16H29NO6/c1-6-11(5)8-12(9-13(18)19)17-16(21)23-15(10(3)4)22-14(20)7-2/h10-12,15H,6-9H2,1-5H3,(H,17,21)(H,18,19)/t11-,12+,15+/m1/s1. The van der Waals surface area contributed by atoms with Crippen molar-refractivity contribution in [3.63, 3.8) is 0 Å². The van der Waals surface area contributed by atoms with Gasteiger partial charge in [0.1, 0.15) is 0 Å². The molecule has 0 aliphatic rings. The minimum atomic E-state index is -0.989. The van der Waals surface area contributed by atoms with Gasteiger partial charge in [-0.1, -0.05) is 41.0 Å². The molecular formula is C16H29NO6. The number of rotatable bonds is 10. The molecule has 0 unspecified atom stereocenters. The zero-order chi connectivity index (χ0) is 18.0. The number of carbonyl (C=O) groups is 3. The molecule has 0 radical (unpaired) electrons. The second kappa shape index (κ2) is 10.9. The molecule has 0 saturated carbocycles. The molecule has 7 heteroatoms. The lowest BCUT2D eigenvalue weighted by molar-refractivity contribution is -0.174. The number of alkyl carbamates (subject to hydrolysis) is 1. The molecule has 0 aliphatic carbocycles. The van der Waals surface area contributed by atoms with Gasteiger partial charge in [-0.25, -0.2) is 4.79 Å². The Morgan fingerprint density at radius 3 is 2.13 bits per heavy atom. The van der Waals surface area contributed by atoms with Crippen LogP contribution in [0.2, 0.25) is 0 Å². The maximum absolute atomic E-state index is 12.0. The van der Waals surface area contributed by atoms with Crippen molar-refractivity contribution in [3.8, 4) is 0 Å². The maximum Gasteiger partial charge on any atom is 0.410 e. The Balaban J connectivity index is 4.68. The largest absolute Gasteiger partial charge is 0.481 e. The zero-order valence-electron chi connectivity index (χ0n) is 14.6. The zero-order valence-corrected chi connectivity index (χ0v) is 14.6. The molecule has 0 aliphatic heterocycles. The van der Waals surface area contributed by atoms with Crippen molar-refractivity contribution in [2.75, 3.05) is 0 Å². The minimum Gasteiger partial charge on any atom is -0.481 e. The van der Waals surface area contributed by atoms with Crippen LogP contribution in [-0.2, 0) is 19.1 Å². The summed E-state index contributed by atoms with van der Waals surface area (Å²) >= 11 is 0. The Bertz CT molecular complexity index is 396. The Kier molecular flexibility index (Phi) is 10.0. The average Bonchev–Trinajstić information content (AvgIpc) is 2.44. The van der Waals surface area contributed by atoms with Crippen molar-refractivity contribution in [2.45, 2.75) is 72.6 Å². The monoisotopic (exact) mass is 331 g/mol. The van der Waals surface area contributed by atoms with Gasteiger partial charge in [0, 0.05) is 18.4 Å². The molecule has 3 atom stereocenters. The van der Waals surface area contributed by atoms with Crippen molar-refractivity contribution in [2.24, 2.45) is 11.8 Å². The van der Waals surface area contributed by atoms with Crippen LogP contribution in [-0.4, -0.2) is 35.5 Å². The predicted octanol–water partition coefficient (Wildman–Crippen LogP) is 2.93. The minimum absolute atomic E-state index is 0.180. The molecule has 2 N–H and O–H groups in total. The van der Waals surface area contributed by atoms with Gasteiger partial charge in [-0.15, -0.1) is 0 Å². The van der Waals surface area contributed by atoms with Crippen molar-refractivity contribution < 1.29 is 29.0 Å². The molecule has 23 heavy (non-hydrogen) atoms. The van der Waals surface area contributed by atoms with E-state index in [9.17, 15) is 14.4 Å². The number of hydrogen-bond acceptors (Lipinski definition) is 5. The number of nitrogens with one attached hydrogen (secondary N) is 1. The van der Waals surface area contributed by atoms with E-state index in [2.05, 4.69) is 5.32 Å². The van der Waals surface area contributed by atoms with Gasteiger partial charge in [0.2, 0.25) is 0 Å². The van der Waals surface area contributed by atoms with Crippen LogP contribution >= 0.6 is 0 Å². The first kappa shape index (κ1) is 21.2. The van der Waals surface area contributed by atoms with Crippen LogP contribution in [0.5, 0.6) is 0 Å². The van der Waals surface area contributed by atoms with Crippen molar-refractivity contribution in [1.82, 2.24) is 5.32 Å². The van der Waals surface area contributed by atoms with E-state index >= 15 is 0 Å². The summed E-state index contributed by atoms with van der Waals surface area (Å²) in [5, 5.41) is 11.5. The highest BCUT2D eigenvalue weighted by Gasteiger charge is 2.25. The summed E-state index contributed by atoms with van der Waals surface area (Å²) in [7, 11) is 0. The summed E-state index contributed by atoms with van der Waals surface area (Å²) in [6.07, 6.45) is -0.336. The van der Waals surface area contributed by atoms with Gasteiger partial charge < -0.3 is 19.9 Å². The van der Waals surface area contributed by atoms with Gasteiger partial charge in [-0.05, 0) is 12.3 Å². The first-order valence-corrected chi connectivity index (χ1v) is 8.07. The lowest BCUT2D eigenvalue weighted by Crippen LogP contribution is -2.41. The molecule has 0 rings (SSSR count). The van der Waals surface area contributed by atoms with Gasteiger partial charge in [-0.3, -0.25) is 9.59 Å². The fraction of sp³-hybridized carbons (Fsp3) is 0.812. The van der Waals surface area contributed by atoms with E-state index in [1.165, 1.54) is 0 Å². The molecule has 0 aromatic heterocycles. The Labute approximate surface area is 137 Å². The van der Waals surface area contributed by atoms with Crippen molar-refractivity contribution in [1.29, 1.82) is 0 Å². The normalized spacial score (nSPS) is 14.7. The molecule has 0 heterocycles. The molecule has 0 bridgehead atoms. The van der Waals surface area contributed by atoms with Gasteiger partial charge in [0.25, 0.3) is 6.29 Å². The van der Waals surface area contributed by atoms with Gasteiger partial charge in [0.05, 0.1) is 6.42 Å². The lowest BCUT2D eigenvalue weighted by atomic mass is 9.97. The maximum atomic E-state index is 12.0. The number of amides is 1. The summed E-state index contributed by atoms with van der Waals surface area (Å²) in [6, 6.07) is -0.523. The number of carbonyl (C=O) groups excluding carboxylic acids is 2. The van der Waals surface area contributed by atoms with E-state index < -0.39 is 30.4 Å². The third-order valence-electron chi connectivity index (χ3n) is 3.43. The summed E-state index contributed by atoms with van der Waals surface area (Å²) in [6.45, 7) is 9.15. The van der Waals surface area contributed by atoms with E-state index in [1.54, 1.807) is 20.8 Å². The Morgan fingerprint density at radius 2 is 1.70 bits per heavy atom. The third-order valence-corrected chi connectivity index (χ3v) is 3.43. The van der Waals surface area contributed by atoms with Gasteiger partial charge in [-0.2, -0.15) is 0 Å². The second-order valence-corrected chi connectivity index (χ2v) is 6.05. The molecule has 7 nitrogen and oxygen atoms in total. The molecule has 0 aromatic carbocycles. The van der Waals surface area contributed by atoms with E-state index in [0.29, 0.717) is 6.42 Å². The quantitative estimate of drug-likeness (QED) is 0.471. The Hall–Kier alpha value is -1.79. The highest BCUT2D eigenvalue weighted by Crippen LogP contribution is 2.14. The molecule has 0 saturated heterocycles. The number of carboxylic acids is 1. The lowest BCUT2D eigenvalue weighted by Gasteiger charge is -2.24. The van der Waals surface area contributed by atoms with Crippen LogP contribution in [0.25, 0.3) is 0 Å². The number of aliphatic carboxylic acids is 1. The topological polar surface area (TPSA) is 102 Å². The van der Waals surface area contributed by atoms with Crippen LogP contribution in [0.4, 0.5) is 4.79 Å². The number of ether oxygens (including phenoxy) is 2. The predicted molar refractivity (Wildman–Crippen MR) is 84.7 cm³/mol. The fourth-order valence-electron chi connectivity index (χ4n) is 1.87. The SMILES string of the molecule is CCC(=O)O[C@@H](OC(=O)N[C@H](CC(=O)O)C[C@H](C)CC)C(C)C. The van der Waals surface area contributed by atoms with Crippen molar-refractivity contribution in [3.05, 3.63) is 0 Å². The highest BCUT2D eigenvalue weighted by atomic mass is 16.7. The number of hydrogen-bond donors (Lipinski definition) is 2. The molecular weight excluding hydrogens is 302 g/mol. The van der Waals surface area contributed by atoms with Crippen LogP contribution in [0, 0.1) is 11.8 Å². The number of carboxylic acid groups (broad SMARTS) is 1. The third kappa shape index (κ3) is 9.76. The van der Waals surface area contributed by atoms with E-state index in [0.717, 1.165) is 6.42 Å². The molecule has 0 spiro atoms. The van der Waals surface area contributed by atoms with Gasteiger partial charge in [0.15, 0.2) is 0 Å². The first-order chi connectivity index (χ1) is 10.7. The van der Waals surface area contributed by atoms with Crippen LogP contribution < -0.4 is 5.32 Å². The average molecular weight is 331 g/mol. The summed E-state index contributed by atoms with van der Waals surface area (Å²) in [4.78, 5) is 34.2. The van der Waals surface area contributed by atoms with Crippen LogP contribution in [0.15, 0.2) is 0 Å². The Morgan fingerprint density at radius 1 is 1.09 bits per heavy atom. The van der Waals surface area contributed by atoms with E-state index in [4.69, 9.17) is 14.6 Å². The van der Waals surface area contributed by atoms with Crippen LogP contribution in [0.1, 0.15) is 60.3 Å². The molecule has 0 fully saturated rings. The smallest absolute Gasteiger partial charge is 0.410 e. The van der Waals surface area contributed by atoms with E-state index in [-0.39, 0.29) is 24.7 Å². The highest BCUT2D eigenvalue weighted by molar-refractivity contribution is 5.72. The van der Waals surface area contributed by atoms with E-state index in [1.807, 2.05) is 13.8 Å². The molecule has 1 amide bonds. The van der Waals surface area contributed by atoms with Gasteiger partial charge >= 0.3 is 18.0 Å². The summed E-state index contributed by atoms with van der Waals surface area (Å²) < 4.78 is 10.2. The molecule has 134 valence electrons. The summed E-state index contributed by atoms with van der Waals surface area (Å²) in [5.74, 6) is -1.38. The first-order valence-electron chi connectivity index (χ1n) is 8.07. The summed E-state index contributed by atoms with van der Waals surface area (Å²) in [5.41, 5.74) is 0. The van der Waals surface area contributed by atoms with Crippen LogP contribution in [0.3, 0.4) is 0 Å².